The molecule has 2 heterocycles. The first-order valence-electron chi connectivity index (χ1n) is 9.50. The minimum atomic E-state index is -3.95. The Hall–Kier alpha value is -3.38. The van der Waals surface area contributed by atoms with Crippen molar-refractivity contribution in [3.05, 3.63) is 59.9 Å². The highest BCUT2D eigenvalue weighted by Gasteiger charge is 2.21. The van der Waals surface area contributed by atoms with E-state index in [9.17, 15) is 16.8 Å². The molecule has 0 amide bonds. The summed E-state index contributed by atoms with van der Waals surface area (Å²) in [5.74, 6) is 0.788. The van der Waals surface area contributed by atoms with Crippen molar-refractivity contribution in [1.82, 2.24) is 9.97 Å². The molecule has 0 saturated carbocycles. The molecule has 0 bridgehead atoms. The van der Waals surface area contributed by atoms with Gasteiger partial charge in [-0.15, -0.1) is 0 Å². The second-order valence-electron chi connectivity index (χ2n) is 7.02. The summed E-state index contributed by atoms with van der Waals surface area (Å²) >= 11 is 0. The Kier molecular flexibility index (Phi) is 5.65. The maximum atomic E-state index is 12.7. The third-order valence-corrected chi connectivity index (χ3v) is 7.17. The van der Waals surface area contributed by atoms with Gasteiger partial charge < -0.3 is 9.47 Å². The molecule has 0 radical (unpaired) electrons. The standard InChI is InChI=1S/C20H20N4O6S2/c1-13-11-14(2)22-20(21-13)24-31(25,26)16-5-3-15(4-6-16)23-32(27,28)17-7-8-18-19(12-17)30-10-9-29-18/h3-8,11-12,23H,9-10H2,1-2H3,(H,21,22,24). The lowest BCUT2D eigenvalue weighted by Gasteiger charge is -2.19. The molecular weight excluding hydrogens is 456 g/mol. The van der Waals surface area contributed by atoms with Crippen LogP contribution in [0.5, 0.6) is 11.5 Å². The molecule has 1 aliphatic rings. The van der Waals surface area contributed by atoms with Gasteiger partial charge in [-0.25, -0.2) is 31.5 Å². The fourth-order valence-corrected chi connectivity index (χ4v) is 5.08. The van der Waals surface area contributed by atoms with Gasteiger partial charge in [-0.05, 0) is 56.3 Å². The summed E-state index contributed by atoms with van der Waals surface area (Å²) in [5.41, 5.74) is 1.44. The van der Waals surface area contributed by atoms with Crippen LogP contribution in [0.1, 0.15) is 11.4 Å². The van der Waals surface area contributed by atoms with Crippen LogP contribution in [0.25, 0.3) is 0 Å². The molecule has 0 fully saturated rings. The summed E-state index contributed by atoms with van der Waals surface area (Å²) < 4.78 is 66.3. The third-order valence-electron chi connectivity index (χ3n) is 4.45. The lowest BCUT2D eigenvalue weighted by molar-refractivity contribution is 0.171. The molecule has 2 N–H and O–H groups in total. The number of anilines is 2. The van der Waals surface area contributed by atoms with Gasteiger partial charge in [0, 0.05) is 23.1 Å². The van der Waals surface area contributed by atoms with Gasteiger partial charge in [-0.3, -0.25) is 4.72 Å². The predicted molar refractivity (Wildman–Crippen MR) is 117 cm³/mol. The van der Waals surface area contributed by atoms with Crippen molar-refractivity contribution >= 4 is 31.7 Å². The fraction of sp³-hybridized carbons (Fsp3) is 0.200. The Morgan fingerprint density at radius 2 is 1.28 bits per heavy atom. The number of sulfonamides is 2. The molecule has 12 heteroatoms. The van der Waals surface area contributed by atoms with Crippen molar-refractivity contribution in [3.63, 3.8) is 0 Å². The average molecular weight is 477 g/mol. The van der Waals surface area contributed by atoms with E-state index in [4.69, 9.17) is 9.47 Å². The summed E-state index contributed by atoms with van der Waals surface area (Å²) in [6.45, 7) is 4.20. The number of nitrogens with zero attached hydrogens (tertiary/aromatic N) is 2. The Balaban J connectivity index is 1.52. The first kappa shape index (κ1) is 21.8. The molecule has 1 aliphatic heterocycles. The second-order valence-corrected chi connectivity index (χ2v) is 10.4. The lowest BCUT2D eigenvalue weighted by atomic mass is 10.3. The number of aromatic nitrogens is 2. The van der Waals surface area contributed by atoms with E-state index < -0.39 is 20.0 Å². The first-order valence-corrected chi connectivity index (χ1v) is 12.5. The zero-order valence-corrected chi connectivity index (χ0v) is 18.8. The van der Waals surface area contributed by atoms with Gasteiger partial charge in [0.2, 0.25) is 5.95 Å². The molecule has 168 valence electrons. The van der Waals surface area contributed by atoms with Crippen molar-refractivity contribution in [2.45, 2.75) is 23.6 Å². The molecule has 0 spiro atoms. The van der Waals surface area contributed by atoms with Gasteiger partial charge in [0.25, 0.3) is 20.0 Å². The van der Waals surface area contributed by atoms with Gasteiger partial charge in [0.1, 0.15) is 13.2 Å². The number of fused-ring (bicyclic) bond motifs is 1. The third kappa shape index (κ3) is 4.75. The van der Waals surface area contributed by atoms with E-state index in [0.29, 0.717) is 36.1 Å². The van der Waals surface area contributed by atoms with Crippen LogP contribution in [0, 0.1) is 13.8 Å². The number of benzene rings is 2. The summed E-state index contributed by atoms with van der Waals surface area (Å²) in [6, 6.07) is 11.3. The molecule has 0 atom stereocenters. The molecule has 0 aliphatic carbocycles. The monoisotopic (exact) mass is 476 g/mol. The molecule has 0 saturated heterocycles. The maximum Gasteiger partial charge on any atom is 0.264 e. The van der Waals surface area contributed by atoms with Crippen LogP contribution in [-0.2, 0) is 20.0 Å². The Labute approximate surface area is 185 Å². The van der Waals surface area contributed by atoms with Crippen molar-refractivity contribution in [2.24, 2.45) is 0 Å². The van der Waals surface area contributed by atoms with Crippen LogP contribution in [0.2, 0.25) is 0 Å². The van der Waals surface area contributed by atoms with E-state index in [2.05, 4.69) is 19.4 Å². The SMILES string of the molecule is Cc1cc(C)nc(NS(=O)(=O)c2ccc(NS(=O)(=O)c3ccc4c(c3)OCCO4)cc2)n1. The van der Waals surface area contributed by atoms with Crippen LogP contribution in [0.3, 0.4) is 0 Å². The largest absolute Gasteiger partial charge is 0.486 e. The van der Waals surface area contributed by atoms with E-state index in [1.807, 2.05) is 0 Å². The number of hydrogen-bond acceptors (Lipinski definition) is 8. The quantitative estimate of drug-likeness (QED) is 0.554. The highest BCUT2D eigenvalue weighted by molar-refractivity contribution is 7.93. The lowest BCUT2D eigenvalue weighted by Crippen LogP contribution is -2.17. The summed E-state index contributed by atoms with van der Waals surface area (Å²) in [5, 5.41) is 0. The van der Waals surface area contributed by atoms with Crippen LogP contribution < -0.4 is 18.9 Å². The van der Waals surface area contributed by atoms with Crippen molar-refractivity contribution < 1.29 is 26.3 Å². The van der Waals surface area contributed by atoms with E-state index in [0.717, 1.165) is 0 Å². The number of nitrogens with one attached hydrogen (secondary N) is 2. The van der Waals surface area contributed by atoms with Gasteiger partial charge >= 0.3 is 0 Å². The Bertz CT molecular complexity index is 1350. The van der Waals surface area contributed by atoms with Crippen molar-refractivity contribution in [3.8, 4) is 11.5 Å². The number of hydrogen-bond donors (Lipinski definition) is 2. The summed E-state index contributed by atoms with van der Waals surface area (Å²) in [6.07, 6.45) is 0. The predicted octanol–water partition coefficient (Wildman–Crippen LogP) is 2.47. The highest BCUT2D eigenvalue weighted by Crippen LogP contribution is 2.32. The van der Waals surface area contributed by atoms with E-state index in [-0.39, 0.29) is 21.4 Å². The van der Waals surface area contributed by atoms with Crippen LogP contribution in [0.15, 0.2) is 58.3 Å². The highest BCUT2D eigenvalue weighted by atomic mass is 32.2. The normalized spacial score (nSPS) is 13.4. The van der Waals surface area contributed by atoms with E-state index >= 15 is 0 Å². The fourth-order valence-electron chi connectivity index (χ4n) is 3.06. The first-order chi connectivity index (χ1) is 15.1. The van der Waals surface area contributed by atoms with Crippen LogP contribution in [0.4, 0.5) is 11.6 Å². The van der Waals surface area contributed by atoms with Gasteiger partial charge in [0.15, 0.2) is 11.5 Å². The summed E-state index contributed by atoms with van der Waals surface area (Å²) in [7, 11) is -7.88. The van der Waals surface area contributed by atoms with E-state index in [1.165, 1.54) is 42.5 Å². The zero-order valence-electron chi connectivity index (χ0n) is 17.2. The topological polar surface area (TPSA) is 137 Å². The van der Waals surface area contributed by atoms with Crippen molar-refractivity contribution in [1.29, 1.82) is 0 Å². The molecule has 4 rings (SSSR count). The zero-order chi connectivity index (χ0) is 22.9. The number of rotatable bonds is 6. The Morgan fingerprint density at radius 3 is 1.94 bits per heavy atom. The number of ether oxygens (including phenoxy) is 2. The Morgan fingerprint density at radius 1 is 0.719 bits per heavy atom. The molecule has 2 aromatic carbocycles. The molecule has 0 unspecified atom stereocenters. The molecular formula is C20H20N4O6S2. The maximum absolute atomic E-state index is 12.7. The van der Waals surface area contributed by atoms with Crippen LogP contribution in [-0.4, -0.2) is 40.0 Å². The molecule has 3 aromatic rings. The van der Waals surface area contributed by atoms with Gasteiger partial charge in [-0.1, -0.05) is 0 Å². The minimum absolute atomic E-state index is 0.00733. The minimum Gasteiger partial charge on any atom is -0.486 e. The number of aryl methyl sites for hydroxylation is 2. The van der Waals surface area contributed by atoms with Crippen LogP contribution >= 0.6 is 0 Å². The van der Waals surface area contributed by atoms with Gasteiger partial charge in [-0.2, -0.15) is 0 Å². The second kappa shape index (κ2) is 8.28. The smallest absolute Gasteiger partial charge is 0.264 e. The van der Waals surface area contributed by atoms with Crippen molar-refractivity contribution in [2.75, 3.05) is 22.7 Å². The summed E-state index contributed by atoms with van der Waals surface area (Å²) in [4.78, 5) is 8.05. The van der Waals surface area contributed by atoms with Gasteiger partial charge in [0.05, 0.1) is 9.79 Å². The molecule has 32 heavy (non-hydrogen) atoms. The van der Waals surface area contributed by atoms with E-state index in [1.54, 1.807) is 19.9 Å². The molecule has 1 aromatic heterocycles. The average Bonchev–Trinajstić information content (AvgIpc) is 2.72. The molecule has 10 nitrogen and oxygen atoms in total.